The van der Waals surface area contributed by atoms with Crippen LogP contribution in [0.1, 0.15) is 37.5 Å². The third-order valence-electron chi connectivity index (χ3n) is 14.4. The first-order chi connectivity index (χ1) is 37.2. The van der Waals surface area contributed by atoms with Crippen LogP contribution in [0.4, 0.5) is 17.1 Å². The normalized spacial score (nSPS) is 11.7. The molecule has 0 aliphatic rings. The molecular formula is C66H54N4O3S3. The van der Waals surface area contributed by atoms with Gasteiger partial charge in [0.2, 0.25) is 0 Å². The first-order valence-electron chi connectivity index (χ1n) is 25.7. The van der Waals surface area contributed by atoms with Crippen LogP contribution in [0.15, 0.2) is 200 Å². The highest BCUT2D eigenvalue weighted by Crippen LogP contribution is 2.41. The molecule has 9 aromatic carbocycles. The minimum atomic E-state index is 0.147. The topological polar surface area (TPSA) is 69.2 Å². The van der Waals surface area contributed by atoms with E-state index >= 15 is 0 Å². The van der Waals surface area contributed by atoms with E-state index in [2.05, 4.69) is 219 Å². The number of thioether (sulfide) groups is 3. The van der Waals surface area contributed by atoms with Gasteiger partial charge in [-0.2, -0.15) is 0 Å². The average Bonchev–Trinajstić information content (AvgIpc) is 4.11. The van der Waals surface area contributed by atoms with Gasteiger partial charge in [-0.05, 0) is 163 Å². The van der Waals surface area contributed by atoms with E-state index in [1.54, 1.807) is 20.8 Å². The van der Waals surface area contributed by atoms with Gasteiger partial charge in [-0.15, -0.1) is 0 Å². The fraction of sp³-hybridized carbons (Fsp3) is 0.136. The number of carbonyl (C=O) groups is 3. The first kappa shape index (κ1) is 49.1. The zero-order valence-corrected chi connectivity index (χ0v) is 45.0. The second-order valence-corrected chi connectivity index (χ2v) is 23.1. The largest absolute Gasteiger partial charge is 0.310 e. The van der Waals surface area contributed by atoms with Crippen molar-refractivity contribution in [3.63, 3.8) is 0 Å². The zero-order valence-electron chi connectivity index (χ0n) is 42.5. The first-order valence-corrected chi connectivity index (χ1v) is 28.7. The van der Waals surface area contributed by atoms with Crippen LogP contribution in [0, 0.1) is 0 Å². The highest BCUT2D eigenvalue weighted by atomic mass is 32.2. The van der Waals surface area contributed by atoms with Crippen molar-refractivity contribution in [3.05, 3.63) is 217 Å². The molecule has 0 aliphatic heterocycles. The summed E-state index contributed by atoms with van der Waals surface area (Å²) in [6, 6.07) is 72.7. The van der Waals surface area contributed by atoms with Crippen LogP contribution in [-0.2, 0) is 33.6 Å². The number of rotatable bonds is 15. The van der Waals surface area contributed by atoms with Crippen molar-refractivity contribution in [2.24, 2.45) is 0 Å². The molecule has 7 nitrogen and oxygen atoms in total. The van der Waals surface area contributed by atoms with Crippen molar-refractivity contribution >= 4 is 133 Å². The smallest absolute Gasteiger partial charge is 0.185 e. The van der Waals surface area contributed by atoms with Crippen molar-refractivity contribution in [1.29, 1.82) is 0 Å². The molecule has 0 aliphatic carbocycles. The van der Waals surface area contributed by atoms with E-state index in [4.69, 9.17) is 0 Å². The van der Waals surface area contributed by atoms with Crippen LogP contribution in [0.3, 0.4) is 0 Å². The monoisotopic (exact) mass is 1050 g/mol. The van der Waals surface area contributed by atoms with Crippen LogP contribution in [0.25, 0.3) is 82.5 Å². The van der Waals surface area contributed by atoms with E-state index in [1.165, 1.54) is 84.3 Å². The van der Waals surface area contributed by atoms with Crippen LogP contribution in [0.5, 0.6) is 0 Å². The Morgan fingerprint density at radius 2 is 0.592 bits per heavy atom. The fourth-order valence-corrected chi connectivity index (χ4v) is 12.9. The molecule has 0 N–H and O–H groups in total. The molecule has 0 amide bonds. The number of nitrogens with zero attached hydrogens (tertiary/aromatic N) is 4. The van der Waals surface area contributed by atoms with Crippen LogP contribution in [-0.4, -0.2) is 46.3 Å². The number of hydrogen-bond donors (Lipinski definition) is 0. The minimum Gasteiger partial charge on any atom is -0.310 e. The number of aryl methyl sites for hydroxylation is 3. The Bertz CT molecular complexity index is 3760. The summed E-state index contributed by atoms with van der Waals surface area (Å²) < 4.78 is 7.07. The Morgan fingerprint density at radius 1 is 0.329 bits per heavy atom. The van der Waals surface area contributed by atoms with Gasteiger partial charge in [0.05, 0.1) is 33.1 Å². The molecule has 0 unspecified atom stereocenters. The predicted octanol–water partition coefficient (Wildman–Crippen LogP) is 16.9. The van der Waals surface area contributed by atoms with Gasteiger partial charge in [-0.3, -0.25) is 14.4 Å². The summed E-state index contributed by atoms with van der Waals surface area (Å²) in [6.45, 7) is 4.90. The summed E-state index contributed by atoms with van der Waals surface area (Å²) in [4.78, 5) is 37.5. The number of anilines is 3. The second kappa shape index (κ2) is 21.1. The number of aromatic nitrogens is 3. The minimum absolute atomic E-state index is 0.147. The van der Waals surface area contributed by atoms with E-state index in [0.717, 1.165) is 104 Å². The molecule has 3 aromatic heterocycles. The lowest BCUT2D eigenvalue weighted by molar-refractivity contribution is -0.109. The zero-order chi connectivity index (χ0) is 51.9. The van der Waals surface area contributed by atoms with Crippen molar-refractivity contribution < 1.29 is 14.4 Å². The molecule has 10 heteroatoms. The Labute approximate surface area is 454 Å². The van der Waals surface area contributed by atoms with E-state index in [-0.39, 0.29) is 15.3 Å². The molecule has 0 atom stereocenters. The van der Waals surface area contributed by atoms with E-state index < -0.39 is 0 Å². The molecule has 0 spiro atoms. The lowest BCUT2D eigenvalue weighted by Crippen LogP contribution is -2.10. The van der Waals surface area contributed by atoms with Gasteiger partial charge in [0, 0.05) is 104 Å². The summed E-state index contributed by atoms with van der Waals surface area (Å²) in [5, 5.41) is 7.64. The SMILES string of the molecule is CC(=O)SCCc1ccc2c(c1)c1ccccc1n2-c1ccc(N(c2ccc(-n3c4ccccc4c4cc(CCSC(C)=O)ccc43)cc2)c2ccc(-n3c4ccccc4c4cc(CCSC(C)=O)ccc43)cc2)cc1. The lowest BCUT2D eigenvalue weighted by atomic mass is 10.1. The van der Waals surface area contributed by atoms with Crippen LogP contribution >= 0.6 is 35.3 Å². The Hall–Kier alpha value is -7.76. The van der Waals surface area contributed by atoms with Crippen molar-refractivity contribution in [3.8, 4) is 17.1 Å². The standard InChI is InChI=1S/C66H54N4O3S3/c1-43(71)74-37-34-46-16-31-64-58(40-46)55-10-4-7-13-61(55)68(64)52-25-19-49(20-26-52)67(50-21-27-53(28-22-50)69-62-14-8-5-11-56(62)59-41-47(17-32-65(59)69)35-38-75-44(2)72)51-23-29-54(30-24-51)70-63-15-9-6-12-57(63)60-42-48(18-33-66(60)70)36-39-76-45(3)73/h4-33,40-42H,34-39H2,1-3H3. The number of hydrogen-bond acceptors (Lipinski definition) is 7. The maximum absolute atomic E-state index is 11.7. The summed E-state index contributed by atoms with van der Waals surface area (Å²) in [7, 11) is 0. The van der Waals surface area contributed by atoms with Gasteiger partial charge in [0.15, 0.2) is 15.3 Å². The van der Waals surface area contributed by atoms with Crippen LogP contribution < -0.4 is 4.90 Å². The fourth-order valence-electron chi connectivity index (χ4n) is 11.0. The maximum atomic E-state index is 11.7. The molecular weight excluding hydrogens is 993 g/mol. The molecule has 76 heavy (non-hydrogen) atoms. The van der Waals surface area contributed by atoms with Crippen molar-refractivity contribution in [1.82, 2.24) is 13.7 Å². The molecule has 3 heterocycles. The molecule has 0 saturated heterocycles. The van der Waals surface area contributed by atoms with Gasteiger partial charge < -0.3 is 18.6 Å². The van der Waals surface area contributed by atoms with Gasteiger partial charge in [0.1, 0.15) is 0 Å². The second-order valence-electron chi connectivity index (χ2n) is 19.3. The molecule has 12 rings (SSSR count). The van der Waals surface area contributed by atoms with E-state index in [9.17, 15) is 14.4 Å². The van der Waals surface area contributed by atoms with Crippen LogP contribution in [0.2, 0.25) is 0 Å². The summed E-state index contributed by atoms with van der Waals surface area (Å²) >= 11 is 4.13. The summed E-state index contributed by atoms with van der Waals surface area (Å²) in [5.74, 6) is 2.29. The number of carbonyl (C=O) groups excluding carboxylic acids is 3. The Balaban J connectivity index is 0.940. The maximum Gasteiger partial charge on any atom is 0.185 e. The number of benzene rings is 9. The average molecular weight is 1050 g/mol. The predicted molar refractivity (Wildman–Crippen MR) is 325 cm³/mol. The summed E-state index contributed by atoms with van der Waals surface area (Å²) in [6.07, 6.45) is 2.49. The Morgan fingerprint density at radius 3 is 0.868 bits per heavy atom. The summed E-state index contributed by atoms with van der Waals surface area (Å²) in [5.41, 5.74) is 16.8. The third-order valence-corrected chi connectivity index (χ3v) is 16.8. The lowest BCUT2D eigenvalue weighted by Gasteiger charge is -2.26. The highest BCUT2D eigenvalue weighted by molar-refractivity contribution is 8.14. The molecule has 12 aromatic rings. The van der Waals surface area contributed by atoms with E-state index in [1.807, 2.05) is 0 Å². The van der Waals surface area contributed by atoms with E-state index in [0.29, 0.717) is 0 Å². The van der Waals surface area contributed by atoms with Gasteiger partial charge in [-0.25, -0.2) is 0 Å². The quantitative estimate of drug-likeness (QED) is 0.101. The van der Waals surface area contributed by atoms with Gasteiger partial charge in [-0.1, -0.05) is 108 Å². The molecule has 0 fully saturated rings. The third kappa shape index (κ3) is 9.50. The van der Waals surface area contributed by atoms with Crippen molar-refractivity contribution in [2.75, 3.05) is 22.2 Å². The van der Waals surface area contributed by atoms with Crippen molar-refractivity contribution in [2.45, 2.75) is 40.0 Å². The molecule has 374 valence electrons. The number of para-hydroxylation sites is 3. The number of fused-ring (bicyclic) bond motifs is 9. The highest BCUT2D eigenvalue weighted by Gasteiger charge is 2.20. The molecule has 0 radical (unpaired) electrons. The van der Waals surface area contributed by atoms with Gasteiger partial charge in [0.25, 0.3) is 0 Å². The van der Waals surface area contributed by atoms with Gasteiger partial charge >= 0.3 is 0 Å². The Kier molecular flexibility index (Phi) is 13.6. The molecule has 0 bridgehead atoms. The molecule has 0 saturated carbocycles.